The lowest BCUT2D eigenvalue weighted by Crippen LogP contribution is -2.47. The maximum Gasteiger partial charge on any atom is 0.315 e. The molecule has 1 saturated heterocycles. The molecule has 8 nitrogen and oxygen atoms in total. The van der Waals surface area contributed by atoms with Crippen molar-refractivity contribution in [2.75, 3.05) is 0 Å². The van der Waals surface area contributed by atoms with E-state index in [0.717, 1.165) is 21.6 Å². The molecule has 0 saturated carbocycles. The molecule has 0 aliphatic carbocycles. The second-order valence-electron chi connectivity index (χ2n) is 7.92. The smallest absolute Gasteiger partial charge is 0.315 e. The molecule has 2 aromatic rings. The molecule has 1 aromatic carbocycles. The third-order valence-electron chi connectivity index (χ3n) is 5.72. The Morgan fingerprint density at radius 2 is 2.03 bits per heavy atom. The van der Waals surface area contributed by atoms with E-state index in [1.165, 1.54) is 16.2 Å². The minimum absolute atomic E-state index is 0.210. The molecule has 2 aliphatic heterocycles. The van der Waals surface area contributed by atoms with Gasteiger partial charge in [0.05, 0.1) is 12.1 Å². The van der Waals surface area contributed by atoms with Crippen LogP contribution in [-0.4, -0.2) is 34.7 Å². The predicted octanol–water partition coefficient (Wildman–Crippen LogP) is 2.86. The van der Waals surface area contributed by atoms with E-state index in [1.54, 1.807) is 5.38 Å². The van der Waals surface area contributed by atoms with E-state index in [9.17, 15) is 19.2 Å². The topological polar surface area (TPSA) is 108 Å². The van der Waals surface area contributed by atoms with Crippen LogP contribution in [-0.2, 0) is 29.2 Å². The molecule has 0 unspecified atom stereocenters. The van der Waals surface area contributed by atoms with E-state index in [-0.39, 0.29) is 30.8 Å². The number of nitrogens with zero attached hydrogens (tertiary/aromatic N) is 1. The van der Waals surface area contributed by atoms with Gasteiger partial charge in [0.2, 0.25) is 11.8 Å². The summed E-state index contributed by atoms with van der Waals surface area (Å²) in [6, 6.07) is 4.65. The average Bonchev–Trinajstić information content (AvgIpc) is 3.24. The summed E-state index contributed by atoms with van der Waals surface area (Å²) in [6.07, 6.45) is 1.29. The number of fused-ring (bicyclic) bond motifs is 1. The van der Waals surface area contributed by atoms with E-state index in [1.807, 2.05) is 25.1 Å². The molecule has 0 spiro atoms. The highest BCUT2D eigenvalue weighted by atomic mass is 35.5. The first-order valence-electron chi connectivity index (χ1n) is 10.3. The summed E-state index contributed by atoms with van der Waals surface area (Å²) < 4.78 is 0. The van der Waals surface area contributed by atoms with Crippen molar-refractivity contribution in [3.8, 4) is 0 Å². The Balaban J connectivity index is 1.35. The van der Waals surface area contributed by atoms with Crippen molar-refractivity contribution in [3.63, 3.8) is 0 Å². The van der Waals surface area contributed by atoms with Gasteiger partial charge in [-0.05, 0) is 42.5 Å². The van der Waals surface area contributed by atoms with Gasteiger partial charge in [0.1, 0.15) is 6.04 Å². The number of nitrogens with one attached hydrogen (secondary N) is 3. The maximum atomic E-state index is 12.9. The lowest BCUT2D eigenvalue weighted by atomic mass is 10.1. The van der Waals surface area contributed by atoms with Gasteiger partial charge in [-0.3, -0.25) is 19.7 Å². The van der Waals surface area contributed by atoms with Gasteiger partial charge in [0, 0.05) is 34.8 Å². The van der Waals surface area contributed by atoms with Crippen molar-refractivity contribution in [1.82, 2.24) is 20.9 Å². The number of imide groups is 1. The van der Waals surface area contributed by atoms with Gasteiger partial charge in [-0.25, -0.2) is 4.79 Å². The number of hydrogen-bond donors (Lipinski definition) is 3. The number of hydrogen-bond acceptors (Lipinski definition) is 5. The van der Waals surface area contributed by atoms with Crippen LogP contribution in [0.3, 0.4) is 0 Å². The summed E-state index contributed by atoms with van der Waals surface area (Å²) in [6.45, 7) is 2.83. The van der Waals surface area contributed by atoms with E-state index >= 15 is 0 Å². The second kappa shape index (κ2) is 9.30. The Bertz CT molecular complexity index is 1100. The predicted molar refractivity (Wildman–Crippen MR) is 120 cm³/mol. The fourth-order valence-electron chi connectivity index (χ4n) is 3.89. The van der Waals surface area contributed by atoms with E-state index in [0.29, 0.717) is 36.5 Å². The molecular weight excluding hydrogens is 452 g/mol. The Morgan fingerprint density at radius 3 is 2.81 bits per heavy atom. The number of amides is 5. The van der Waals surface area contributed by atoms with Crippen molar-refractivity contribution in [1.29, 1.82) is 0 Å². The highest BCUT2D eigenvalue weighted by Crippen LogP contribution is 2.33. The van der Waals surface area contributed by atoms with Gasteiger partial charge in [-0.2, -0.15) is 0 Å². The van der Waals surface area contributed by atoms with Crippen molar-refractivity contribution in [2.24, 2.45) is 0 Å². The maximum absolute atomic E-state index is 12.9. The number of rotatable bonds is 5. The van der Waals surface area contributed by atoms with Crippen LogP contribution < -0.4 is 16.0 Å². The van der Waals surface area contributed by atoms with Gasteiger partial charge in [0.25, 0.3) is 5.91 Å². The molecule has 32 heavy (non-hydrogen) atoms. The fourth-order valence-corrected chi connectivity index (χ4v) is 5.07. The number of urea groups is 1. The normalized spacial score (nSPS) is 18.2. The lowest BCUT2D eigenvalue weighted by molar-refractivity contribution is -0.132. The van der Waals surface area contributed by atoms with Crippen molar-refractivity contribution in [3.05, 3.63) is 55.7 Å². The summed E-state index contributed by atoms with van der Waals surface area (Å²) >= 11 is 7.52. The highest BCUT2D eigenvalue weighted by molar-refractivity contribution is 7.10. The zero-order valence-corrected chi connectivity index (χ0v) is 19.1. The first kappa shape index (κ1) is 22.3. The molecule has 0 radical (unpaired) electrons. The molecule has 1 atom stereocenters. The standard InChI is InChI=1S/C22H23ClN4O4S/c1-12-5-6-13(7-16(12)23)8-24-22(31)25-9-18-14-10-27(21(30)15(14)11-32-18)17-3-2-4-19(28)26-20(17)29/h5-7,11,17H,2-4,8-10H2,1H3,(H2,24,25,31)(H,26,28,29)/t17-/m0/s1. The molecule has 10 heteroatoms. The Hall–Kier alpha value is -2.91. The Kier molecular flexibility index (Phi) is 6.48. The SMILES string of the molecule is Cc1ccc(CNC(=O)NCc2scc3c2CN([C@H]2CCCC(=O)NC2=O)C3=O)cc1Cl. The minimum Gasteiger partial charge on any atom is -0.334 e. The van der Waals surface area contributed by atoms with Gasteiger partial charge in [-0.15, -0.1) is 11.3 Å². The summed E-state index contributed by atoms with van der Waals surface area (Å²) in [7, 11) is 0. The van der Waals surface area contributed by atoms with Crippen LogP contribution in [0.4, 0.5) is 4.79 Å². The van der Waals surface area contributed by atoms with E-state index < -0.39 is 11.9 Å². The van der Waals surface area contributed by atoms with Gasteiger partial charge < -0.3 is 15.5 Å². The molecule has 5 amide bonds. The molecular formula is C22H23ClN4O4S. The van der Waals surface area contributed by atoms with Gasteiger partial charge >= 0.3 is 6.03 Å². The Morgan fingerprint density at radius 1 is 1.25 bits per heavy atom. The largest absolute Gasteiger partial charge is 0.334 e. The third-order valence-corrected chi connectivity index (χ3v) is 7.16. The van der Waals surface area contributed by atoms with Crippen LogP contribution >= 0.6 is 22.9 Å². The average molecular weight is 475 g/mol. The molecule has 4 rings (SSSR count). The van der Waals surface area contributed by atoms with Crippen molar-refractivity contribution < 1.29 is 19.2 Å². The molecule has 3 N–H and O–H groups in total. The van der Waals surface area contributed by atoms with Crippen molar-refractivity contribution >= 4 is 46.7 Å². The lowest BCUT2D eigenvalue weighted by Gasteiger charge is -2.25. The second-order valence-corrected chi connectivity index (χ2v) is 9.30. The summed E-state index contributed by atoms with van der Waals surface area (Å²) in [5, 5.41) is 10.4. The molecule has 2 aliphatic rings. The van der Waals surface area contributed by atoms with Crippen LogP contribution in [0.15, 0.2) is 23.6 Å². The van der Waals surface area contributed by atoms with Crippen LogP contribution in [0.5, 0.6) is 0 Å². The zero-order valence-electron chi connectivity index (χ0n) is 17.5. The fraction of sp³-hybridized carbons (Fsp3) is 0.364. The number of halogens is 1. The monoisotopic (exact) mass is 474 g/mol. The van der Waals surface area contributed by atoms with Crippen LogP contribution in [0, 0.1) is 6.92 Å². The number of benzene rings is 1. The summed E-state index contributed by atoms with van der Waals surface area (Å²) in [5.41, 5.74) is 3.26. The molecule has 1 aromatic heterocycles. The van der Waals surface area contributed by atoms with Gasteiger partial charge in [-0.1, -0.05) is 23.7 Å². The molecule has 3 heterocycles. The quantitative estimate of drug-likeness (QED) is 0.579. The number of carbonyl (C=O) groups excluding carboxylic acids is 4. The van der Waals surface area contributed by atoms with E-state index in [4.69, 9.17) is 11.6 Å². The molecule has 168 valence electrons. The summed E-state index contributed by atoms with van der Waals surface area (Å²) in [5.74, 6) is -0.940. The van der Waals surface area contributed by atoms with Crippen LogP contribution in [0.1, 0.15) is 51.2 Å². The van der Waals surface area contributed by atoms with Crippen LogP contribution in [0.25, 0.3) is 0 Å². The van der Waals surface area contributed by atoms with Crippen LogP contribution in [0.2, 0.25) is 5.02 Å². The number of aryl methyl sites for hydroxylation is 1. The minimum atomic E-state index is -0.656. The first-order valence-corrected chi connectivity index (χ1v) is 11.6. The molecule has 1 fully saturated rings. The molecule has 0 bridgehead atoms. The highest BCUT2D eigenvalue weighted by Gasteiger charge is 2.39. The summed E-state index contributed by atoms with van der Waals surface area (Å²) in [4.78, 5) is 51.4. The van der Waals surface area contributed by atoms with E-state index in [2.05, 4.69) is 16.0 Å². The zero-order chi connectivity index (χ0) is 22.8. The first-order chi connectivity index (χ1) is 15.3. The van der Waals surface area contributed by atoms with Crippen molar-refractivity contribution in [2.45, 2.75) is 51.9 Å². The Labute approximate surface area is 194 Å². The third kappa shape index (κ3) is 4.63. The number of carbonyl (C=O) groups is 4. The van der Waals surface area contributed by atoms with Gasteiger partial charge in [0.15, 0.2) is 0 Å². The number of thiophene rings is 1.